The molecule has 3 rings (SSSR count). The van der Waals surface area contributed by atoms with Gasteiger partial charge in [-0.2, -0.15) is 23.1 Å². The van der Waals surface area contributed by atoms with Crippen LogP contribution in [-0.4, -0.2) is 62.3 Å². The molecule has 0 amide bonds. The lowest BCUT2D eigenvalue weighted by atomic mass is 10.0. The van der Waals surface area contributed by atoms with Crippen LogP contribution in [0.1, 0.15) is 18.4 Å². The molecule has 1 saturated heterocycles. The molecule has 30 heavy (non-hydrogen) atoms. The van der Waals surface area contributed by atoms with Gasteiger partial charge in [-0.3, -0.25) is 0 Å². The summed E-state index contributed by atoms with van der Waals surface area (Å²) in [5.41, 5.74) is 0.0439. The van der Waals surface area contributed by atoms with Crippen LogP contribution in [0.25, 0.3) is 0 Å². The molecule has 2 heterocycles. The minimum Gasteiger partial charge on any atom is -0.481 e. The van der Waals surface area contributed by atoms with E-state index < -0.39 is 11.7 Å². The zero-order chi connectivity index (χ0) is 21.9. The number of benzene rings is 1. The number of halogens is 3. The van der Waals surface area contributed by atoms with Gasteiger partial charge in [0.25, 0.3) is 0 Å². The first-order valence-corrected chi connectivity index (χ1v) is 10.3. The van der Waals surface area contributed by atoms with E-state index in [2.05, 4.69) is 19.8 Å². The number of piperidine rings is 1. The minimum absolute atomic E-state index is 0.259. The molecule has 0 bridgehead atoms. The van der Waals surface area contributed by atoms with E-state index in [1.165, 1.54) is 20.3 Å². The Balaban J connectivity index is 1.95. The molecule has 0 unspecified atom stereocenters. The molecule has 0 spiro atoms. The summed E-state index contributed by atoms with van der Waals surface area (Å²) in [4.78, 5) is 13.3. The van der Waals surface area contributed by atoms with Gasteiger partial charge >= 0.3 is 6.18 Å². The van der Waals surface area contributed by atoms with Crippen molar-refractivity contribution in [2.24, 2.45) is 0 Å². The van der Waals surface area contributed by atoms with Crippen molar-refractivity contribution in [3.8, 4) is 11.8 Å². The molecule has 1 aromatic carbocycles. The minimum atomic E-state index is -4.43. The van der Waals surface area contributed by atoms with Crippen molar-refractivity contribution in [3.05, 3.63) is 29.8 Å². The largest absolute Gasteiger partial charge is 0.481 e. The van der Waals surface area contributed by atoms with E-state index in [1.807, 2.05) is 14.1 Å². The average Bonchev–Trinajstić information content (AvgIpc) is 2.72. The molecule has 0 radical (unpaired) electrons. The summed E-state index contributed by atoms with van der Waals surface area (Å²) >= 11 is 1.07. The lowest BCUT2D eigenvalue weighted by Gasteiger charge is -2.37. The third-order valence-corrected chi connectivity index (χ3v) is 6.01. The highest BCUT2D eigenvalue weighted by Crippen LogP contribution is 2.40. The summed E-state index contributed by atoms with van der Waals surface area (Å²) in [6, 6.07) is 5.82. The molecule has 0 atom stereocenters. The van der Waals surface area contributed by atoms with E-state index in [0.29, 0.717) is 10.9 Å². The monoisotopic (exact) mass is 442 g/mol. The van der Waals surface area contributed by atoms with Crippen LogP contribution in [0.5, 0.6) is 11.8 Å². The summed E-state index contributed by atoms with van der Waals surface area (Å²) in [7, 11) is 7.02. The van der Waals surface area contributed by atoms with Crippen molar-refractivity contribution in [2.75, 3.05) is 46.3 Å². The van der Waals surface area contributed by atoms with Crippen LogP contribution in [-0.2, 0) is 6.18 Å². The second kappa shape index (κ2) is 9.30. The van der Waals surface area contributed by atoms with Gasteiger partial charge in [0.05, 0.1) is 31.5 Å². The van der Waals surface area contributed by atoms with E-state index in [4.69, 9.17) is 9.47 Å². The SMILES string of the molecule is COc1cc(OC)nc(Sc2cc(C(F)(F)F)ccc2N2CCC(N(C)C)CC2)n1. The Morgan fingerprint density at radius 2 is 1.63 bits per heavy atom. The molecule has 1 aromatic heterocycles. The van der Waals surface area contributed by atoms with Gasteiger partial charge in [0.1, 0.15) is 0 Å². The number of hydrogen-bond acceptors (Lipinski definition) is 7. The van der Waals surface area contributed by atoms with E-state index in [9.17, 15) is 13.2 Å². The van der Waals surface area contributed by atoms with Crippen molar-refractivity contribution in [1.29, 1.82) is 0 Å². The molecule has 1 fully saturated rings. The first-order valence-electron chi connectivity index (χ1n) is 9.48. The number of rotatable bonds is 6. The Bertz CT molecular complexity index is 849. The van der Waals surface area contributed by atoms with Crippen LogP contribution < -0.4 is 14.4 Å². The Labute approximate surface area is 178 Å². The zero-order valence-corrected chi connectivity index (χ0v) is 18.2. The second-order valence-electron chi connectivity index (χ2n) is 7.20. The molecule has 6 nitrogen and oxygen atoms in total. The Morgan fingerprint density at radius 1 is 1.03 bits per heavy atom. The number of aromatic nitrogens is 2. The van der Waals surface area contributed by atoms with Crippen molar-refractivity contribution < 1.29 is 22.6 Å². The van der Waals surface area contributed by atoms with Gasteiger partial charge in [-0.15, -0.1) is 0 Å². The molecule has 0 aliphatic carbocycles. The fraction of sp³-hybridized carbons (Fsp3) is 0.500. The molecule has 0 N–H and O–H groups in total. The van der Waals surface area contributed by atoms with Gasteiger partial charge in [0.15, 0.2) is 5.16 Å². The van der Waals surface area contributed by atoms with E-state index in [-0.39, 0.29) is 16.9 Å². The predicted octanol–water partition coefficient (Wildman–Crippen LogP) is 4.19. The van der Waals surface area contributed by atoms with Crippen LogP contribution in [0, 0.1) is 0 Å². The molecule has 1 aliphatic rings. The Morgan fingerprint density at radius 3 is 2.13 bits per heavy atom. The fourth-order valence-corrected chi connectivity index (χ4v) is 4.35. The summed E-state index contributed by atoms with van der Waals surface area (Å²) in [5.74, 6) is 0.564. The lowest BCUT2D eigenvalue weighted by molar-refractivity contribution is -0.137. The van der Waals surface area contributed by atoms with Gasteiger partial charge in [-0.1, -0.05) is 0 Å². The first-order chi connectivity index (χ1) is 14.2. The number of hydrogen-bond donors (Lipinski definition) is 0. The summed E-state index contributed by atoms with van der Waals surface area (Å²) < 4.78 is 50.4. The van der Waals surface area contributed by atoms with Crippen molar-refractivity contribution in [3.63, 3.8) is 0 Å². The third kappa shape index (κ3) is 5.28. The summed E-state index contributed by atoms with van der Waals surface area (Å²) in [6.07, 6.45) is -2.54. The fourth-order valence-electron chi connectivity index (χ4n) is 3.39. The molecular formula is C20H25F3N4O2S. The van der Waals surface area contributed by atoms with Gasteiger partial charge in [0, 0.05) is 24.0 Å². The van der Waals surface area contributed by atoms with Crippen LogP contribution in [0.3, 0.4) is 0 Å². The predicted molar refractivity (Wildman–Crippen MR) is 110 cm³/mol. The standard InChI is InChI=1S/C20H25F3N4O2S/c1-26(2)14-7-9-27(10-8-14)15-6-5-13(20(21,22)23)11-16(15)30-19-24-17(28-3)12-18(25-19)29-4/h5-6,11-12,14H,7-10H2,1-4H3. The highest BCUT2D eigenvalue weighted by atomic mass is 32.2. The normalized spacial score (nSPS) is 15.5. The first kappa shape index (κ1) is 22.5. The number of nitrogens with zero attached hydrogens (tertiary/aromatic N) is 4. The highest BCUT2D eigenvalue weighted by Gasteiger charge is 2.32. The molecular weight excluding hydrogens is 417 g/mol. The zero-order valence-electron chi connectivity index (χ0n) is 17.4. The summed E-state index contributed by atoms with van der Waals surface area (Å²) in [6.45, 7) is 1.54. The van der Waals surface area contributed by atoms with Gasteiger partial charge in [0.2, 0.25) is 11.8 Å². The van der Waals surface area contributed by atoms with E-state index >= 15 is 0 Å². The average molecular weight is 443 g/mol. The Hall–Kier alpha value is -2.20. The maximum absolute atomic E-state index is 13.4. The van der Waals surface area contributed by atoms with Crippen LogP contribution in [0.2, 0.25) is 0 Å². The highest BCUT2D eigenvalue weighted by molar-refractivity contribution is 7.99. The van der Waals surface area contributed by atoms with E-state index in [0.717, 1.165) is 55.5 Å². The van der Waals surface area contributed by atoms with Gasteiger partial charge in [-0.05, 0) is 56.9 Å². The van der Waals surface area contributed by atoms with Crippen molar-refractivity contribution in [2.45, 2.75) is 35.1 Å². The Kier molecular flexibility index (Phi) is 6.97. The summed E-state index contributed by atoms with van der Waals surface area (Å²) in [5, 5.41) is 0.259. The molecule has 164 valence electrons. The molecule has 0 saturated carbocycles. The van der Waals surface area contributed by atoms with Gasteiger partial charge < -0.3 is 19.3 Å². The maximum atomic E-state index is 13.4. The van der Waals surface area contributed by atoms with Crippen LogP contribution in [0.4, 0.5) is 18.9 Å². The van der Waals surface area contributed by atoms with Crippen LogP contribution in [0.15, 0.2) is 34.3 Å². The van der Waals surface area contributed by atoms with Gasteiger partial charge in [-0.25, -0.2) is 0 Å². The number of methoxy groups -OCH3 is 2. The van der Waals surface area contributed by atoms with Crippen molar-refractivity contribution in [1.82, 2.24) is 14.9 Å². The smallest absolute Gasteiger partial charge is 0.416 e. The molecule has 1 aliphatic heterocycles. The number of ether oxygens (including phenoxy) is 2. The van der Waals surface area contributed by atoms with Crippen molar-refractivity contribution >= 4 is 17.4 Å². The second-order valence-corrected chi connectivity index (χ2v) is 8.21. The van der Waals surface area contributed by atoms with E-state index in [1.54, 1.807) is 6.07 Å². The van der Waals surface area contributed by atoms with Crippen LogP contribution >= 0.6 is 11.8 Å². The quantitative estimate of drug-likeness (QED) is 0.622. The molecule has 10 heteroatoms. The number of anilines is 1. The lowest BCUT2D eigenvalue weighted by Crippen LogP contribution is -2.42. The topological polar surface area (TPSA) is 50.7 Å². The maximum Gasteiger partial charge on any atom is 0.416 e. The number of alkyl halides is 3. The third-order valence-electron chi connectivity index (χ3n) is 5.10. The molecule has 2 aromatic rings.